The monoisotopic (exact) mass is 508 g/mol. The number of anilines is 5. The molecule has 38 heavy (non-hydrogen) atoms. The predicted octanol–water partition coefficient (Wildman–Crippen LogP) is 5.93. The van der Waals surface area contributed by atoms with Crippen LogP contribution in [-0.4, -0.2) is 54.2 Å². The van der Waals surface area contributed by atoms with Gasteiger partial charge in [-0.15, -0.1) is 0 Å². The van der Waals surface area contributed by atoms with E-state index < -0.39 is 6.09 Å². The minimum atomic E-state index is -0.555. The highest BCUT2D eigenvalue weighted by Crippen LogP contribution is 2.35. The lowest BCUT2D eigenvalue weighted by atomic mass is 10.1. The summed E-state index contributed by atoms with van der Waals surface area (Å²) in [5.41, 5.74) is 5.25. The molecule has 1 aromatic heterocycles. The van der Waals surface area contributed by atoms with Crippen molar-refractivity contribution in [2.75, 3.05) is 48.3 Å². The summed E-state index contributed by atoms with van der Waals surface area (Å²) in [5, 5.41) is 3.48. The average Bonchev–Trinajstić information content (AvgIpc) is 2.93. The van der Waals surface area contributed by atoms with Gasteiger partial charge in [0, 0.05) is 43.8 Å². The number of likely N-dealkylation sites (N-methyl/N-ethyl adjacent to an activating group) is 1. The summed E-state index contributed by atoms with van der Waals surface area (Å²) in [6, 6.07) is 23.5. The molecule has 1 amide bonds. The lowest BCUT2D eigenvalue weighted by Gasteiger charge is -2.34. The Hall–Kier alpha value is -4.43. The molecular weight excluding hydrogens is 476 g/mol. The maximum Gasteiger partial charge on any atom is 0.425 e. The second-order valence-electron chi connectivity index (χ2n) is 9.47. The molecule has 0 atom stereocenters. The second-order valence-corrected chi connectivity index (χ2v) is 9.47. The molecule has 1 aliphatic heterocycles. The number of nitrogens with one attached hydrogen (secondary N) is 1. The van der Waals surface area contributed by atoms with Gasteiger partial charge in [-0.3, -0.25) is 0 Å². The highest BCUT2D eigenvalue weighted by molar-refractivity contribution is 6.00. The summed E-state index contributed by atoms with van der Waals surface area (Å²) in [6.45, 7) is 8.00. The molecule has 0 aliphatic carbocycles. The molecule has 0 saturated carbocycles. The van der Waals surface area contributed by atoms with Gasteiger partial charge in [-0.25, -0.2) is 19.7 Å². The molecule has 8 heteroatoms. The Morgan fingerprint density at radius 1 is 0.895 bits per heavy atom. The van der Waals surface area contributed by atoms with Gasteiger partial charge in [0.2, 0.25) is 0 Å². The van der Waals surface area contributed by atoms with Crippen molar-refractivity contribution >= 4 is 34.7 Å². The topological polar surface area (TPSA) is 73.8 Å². The number of aryl methyl sites for hydroxylation is 2. The zero-order chi connectivity index (χ0) is 26.5. The molecule has 2 heterocycles. The van der Waals surface area contributed by atoms with Gasteiger partial charge in [-0.1, -0.05) is 30.3 Å². The SMILES string of the molecule is Cc1cccc(C)c1OC(=O)N(c1ccncn1)c1ccccc1Nc1ccc(N2CCN(C)CC2)cc1. The first-order valence-electron chi connectivity index (χ1n) is 12.7. The van der Waals surface area contributed by atoms with Gasteiger partial charge in [-0.05, 0) is 74.5 Å². The van der Waals surface area contributed by atoms with E-state index >= 15 is 0 Å². The smallest absolute Gasteiger partial charge is 0.409 e. The van der Waals surface area contributed by atoms with E-state index in [1.165, 1.54) is 16.9 Å². The first-order chi connectivity index (χ1) is 18.5. The summed E-state index contributed by atoms with van der Waals surface area (Å²) in [6.07, 6.45) is 2.47. The molecule has 3 aromatic carbocycles. The number of carbonyl (C=O) groups is 1. The van der Waals surface area contributed by atoms with Crippen molar-refractivity contribution in [3.63, 3.8) is 0 Å². The Balaban J connectivity index is 1.43. The third-order valence-electron chi connectivity index (χ3n) is 6.74. The molecule has 5 rings (SSSR count). The molecule has 1 fully saturated rings. The average molecular weight is 509 g/mol. The summed E-state index contributed by atoms with van der Waals surface area (Å²) >= 11 is 0. The number of amides is 1. The maximum atomic E-state index is 13.7. The fraction of sp³-hybridized carbons (Fsp3) is 0.233. The van der Waals surface area contributed by atoms with E-state index in [0.29, 0.717) is 17.3 Å². The Bertz CT molecular complexity index is 1370. The van der Waals surface area contributed by atoms with Crippen molar-refractivity contribution in [3.8, 4) is 5.75 Å². The minimum Gasteiger partial charge on any atom is -0.409 e. The first-order valence-corrected chi connectivity index (χ1v) is 12.7. The minimum absolute atomic E-state index is 0.413. The molecule has 194 valence electrons. The molecule has 1 saturated heterocycles. The van der Waals surface area contributed by atoms with Crippen LogP contribution in [0.3, 0.4) is 0 Å². The van der Waals surface area contributed by atoms with Crippen molar-refractivity contribution in [2.24, 2.45) is 0 Å². The summed E-state index contributed by atoms with van der Waals surface area (Å²) in [5.74, 6) is 0.956. The summed E-state index contributed by atoms with van der Waals surface area (Å²) in [4.78, 5) is 28.3. The van der Waals surface area contributed by atoms with Crippen LogP contribution in [0, 0.1) is 13.8 Å². The van der Waals surface area contributed by atoms with Crippen LogP contribution in [0.5, 0.6) is 5.75 Å². The Labute approximate surface area is 223 Å². The van der Waals surface area contributed by atoms with Crippen LogP contribution in [0.4, 0.5) is 33.4 Å². The Morgan fingerprint density at radius 3 is 2.29 bits per heavy atom. The van der Waals surface area contributed by atoms with Crippen LogP contribution in [0.25, 0.3) is 0 Å². The number of piperazine rings is 1. The highest BCUT2D eigenvalue weighted by atomic mass is 16.6. The Morgan fingerprint density at radius 2 is 1.61 bits per heavy atom. The zero-order valence-electron chi connectivity index (χ0n) is 22.0. The number of hydrogen-bond donors (Lipinski definition) is 1. The van der Waals surface area contributed by atoms with Crippen molar-refractivity contribution in [3.05, 3.63) is 96.4 Å². The largest absolute Gasteiger partial charge is 0.425 e. The second kappa shape index (κ2) is 11.3. The number of ether oxygens (including phenoxy) is 1. The van der Waals surface area contributed by atoms with Crippen LogP contribution < -0.4 is 19.9 Å². The van der Waals surface area contributed by atoms with Crippen molar-refractivity contribution in [1.82, 2.24) is 14.9 Å². The summed E-state index contributed by atoms with van der Waals surface area (Å²) in [7, 11) is 2.16. The van der Waals surface area contributed by atoms with Crippen molar-refractivity contribution in [2.45, 2.75) is 13.8 Å². The first kappa shape index (κ1) is 25.2. The van der Waals surface area contributed by atoms with Crippen LogP contribution in [0.1, 0.15) is 11.1 Å². The number of nitrogens with zero attached hydrogens (tertiary/aromatic N) is 5. The van der Waals surface area contributed by atoms with E-state index in [-0.39, 0.29) is 0 Å². The lowest BCUT2D eigenvalue weighted by molar-refractivity contribution is 0.209. The van der Waals surface area contributed by atoms with Crippen LogP contribution in [0.2, 0.25) is 0 Å². The molecule has 0 bridgehead atoms. The molecule has 8 nitrogen and oxygen atoms in total. The highest BCUT2D eigenvalue weighted by Gasteiger charge is 2.25. The number of carbonyl (C=O) groups excluding carboxylic acids is 1. The van der Waals surface area contributed by atoms with E-state index in [2.05, 4.69) is 56.4 Å². The van der Waals surface area contributed by atoms with Gasteiger partial charge >= 0.3 is 6.09 Å². The summed E-state index contributed by atoms with van der Waals surface area (Å²) < 4.78 is 5.93. The van der Waals surface area contributed by atoms with Gasteiger partial charge < -0.3 is 19.9 Å². The lowest BCUT2D eigenvalue weighted by Crippen LogP contribution is -2.44. The van der Waals surface area contributed by atoms with Crippen LogP contribution in [0.15, 0.2) is 85.3 Å². The van der Waals surface area contributed by atoms with Gasteiger partial charge in [0.25, 0.3) is 0 Å². The van der Waals surface area contributed by atoms with Gasteiger partial charge in [0.05, 0.1) is 11.4 Å². The van der Waals surface area contributed by atoms with Gasteiger partial charge in [-0.2, -0.15) is 0 Å². The Kier molecular flexibility index (Phi) is 7.51. The quantitative estimate of drug-likeness (QED) is 0.346. The van der Waals surface area contributed by atoms with Crippen molar-refractivity contribution in [1.29, 1.82) is 0 Å². The number of para-hydroxylation sites is 3. The molecule has 1 aliphatic rings. The van der Waals surface area contributed by atoms with E-state index in [1.54, 1.807) is 12.3 Å². The number of benzene rings is 3. The zero-order valence-corrected chi connectivity index (χ0v) is 22.0. The molecule has 0 spiro atoms. The molecule has 1 N–H and O–H groups in total. The van der Waals surface area contributed by atoms with Gasteiger partial charge in [0.15, 0.2) is 0 Å². The normalized spacial score (nSPS) is 13.7. The number of hydrogen-bond acceptors (Lipinski definition) is 7. The standard InChI is InChI=1S/C30H32N6O2/c1-22-7-6-8-23(2)29(22)38-30(37)36(28-15-16-31-21-32-28)27-10-5-4-9-26(27)33-24-11-13-25(14-12-24)35-19-17-34(3)18-20-35/h4-16,21,33H,17-20H2,1-3H3. The van der Waals surface area contributed by atoms with E-state index in [1.807, 2.05) is 56.3 Å². The number of aromatic nitrogens is 2. The molecule has 0 radical (unpaired) electrons. The van der Waals surface area contributed by atoms with E-state index in [0.717, 1.165) is 48.7 Å². The maximum absolute atomic E-state index is 13.7. The molecular formula is C30H32N6O2. The van der Waals surface area contributed by atoms with E-state index in [4.69, 9.17) is 4.74 Å². The number of rotatable bonds is 6. The van der Waals surface area contributed by atoms with Crippen molar-refractivity contribution < 1.29 is 9.53 Å². The van der Waals surface area contributed by atoms with Crippen LogP contribution >= 0.6 is 0 Å². The molecule has 4 aromatic rings. The fourth-order valence-corrected chi connectivity index (χ4v) is 4.57. The third-order valence-corrected chi connectivity index (χ3v) is 6.74. The van der Waals surface area contributed by atoms with Gasteiger partial charge in [0.1, 0.15) is 17.9 Å². The fourth-order valence-electron chi connectivity index (χ4n) is 4.57. The predicted molar refractivity (Wildman–Crippen MR) is 152 cm³/mol. The third kappa shape index (κ3) is 5.60. The molecule has 0 unspecified atom stereocenters. The van der Waals surface area contributed by atoms with Crippen LogP contribution in [-0.2, 0) is 0 Å². The van der Waals surface area contributed by atoms with E-state index in [9.17, 15) is 4.79 Å².